The van der Waals surface area contributed by atoms with E-state index >= 15 is 0 Å². The summed E-state index contributed by atoms with van der Waals surface area (Å²) in [5, 5.41) is 18.6. The van der Waals surface area contributed by atoms with Crippen LogP contribution in [0.3, 0.4) is 0 Å². The fourth-order valence-corrected chi connectivity index (χ4v) is 2.50. The lowest BCUT2D eigenvalue weighted by Crippen LogP contribution is -2.23. The van der Waals surface area contributed by atoms with Gasteiger partial charge in [0.05, 0.1) is 11.6 Å². The van der Waals surface area contributed by atoms with Crippen molar-refractivity contribution < 1.29 is 4.79 Å². The summed E-state index contributed by atoms with van der Waals surface area (Å²) in [5.74, 6) is 0.576. The number of carbonyl (C=O) groups excluding carboxylic acids is 1. The molecule has 1 aromatic heterocycles. The Hall–Kier alpha value is -2.61. The molecular weight excluding hydrogens is 240 g/mol. The highest BCUT2D eigenvalue weighted by atomic mass is 16.1. The van der Waals surface area contributed by atoms with Gasteiger partial charge in [-0.15, -0.1) is 0 Å². The number of anilines is 1. The summed E-state index contributed by atoms with van der Waals surface area (Å²) < 4.78 is 0. The molecule has 1 aliphatic heterocycles. The average molecular weight is 252 g/mol. The number of hydrogen-bond donors (Lipinski definition) is 2. The highest BCUT2D eigenvalue weighted by Crippen LogP contribution is 2.37. The maximum atomic E-state index is 11.7. The van der Waals surface area contributed by atoms with Crippen LogP contribution in [0.5, 0.6) is 0 Å². The van der Waals surface area contributed by atoms with E-state index in [2.05, 4.69) is 21.6 Å². The fourth-order valence-electron chi connectivity index (χ4n) is 2.50. The SMILES string of the molecule is Cc1[nH]nc2c1C(c1ccc(C#N)cc1)CC(=O)N2. The fraction of sp³-hybridized carbons (Fsp3) is 0.214. The maximum absolute atomic E-state index is 11.7. The van der Waals surface area contributed by atoms with Crippen molar-refractivity contribution in [2.24, 2.45) is 0 Å². The maximum Gasteiger partial charge on any atom is 0.226 e. The Balaban J connectivity index is 2.07. The molecule has 1 aliphatic rings. The molecular formula is C14H12N4O. The molecule has 5 nitrogen and oxygen atoms in total. The molecule has 0 saturated carbocycles. The van der Waals surface area contributed by atoms with E-state index < -0.39 is 0 Å². The molecule has 1 atom stereocenters. The standard InChI is InChI=1S/C14H12N4O/c1-8-13-11(6-12(19)16-14(13)18-17-8)10-4-2-9(7-15)3-5-10/h2-5,11H,6H2,1H3,(H2,16,17,18,19). The molecule has 0 spiro atoms. The van der Waals surface area contributed by atoms with Crippen LogP contribution in [0.15, 0.2) is 24.3 Å². The van der Waals surface area contributed by atoms with Gasteiger partial charge in [-0.25, -0.2) is 0 Å². The van der Waals surface area contributed by atoms with Crippen molar-refractivity contribution in [3.05, 3.63) is 46.6 Å². The Morgan fingerprint density at radius 1 is 1.37 bits per heavy atom. The summed E-state index contributed by atoms with van der Waals surface area (Å²) >= 11 is 0. The number of amides is 1. The van der Waals surface area contributed by atoms with Crippen LogP contribution >= 0.6 is 0 Å². The Bertz CT molecular complexity index is 678. The molecule has 1 unspecified atom stereocenters. The quantitative estimate of drug-likeness (QED) is 0.815. The highest BCUT2D eigenvalue weighted by Gasteiger charge is 2.30. The predicted molar refractivity (Wildman–Crippen MR) is 69.6 cm³/mol. The number of nitriles is 1. The Kier molecular flexibility index (Phi) is 2.57. The first kappa shape index (κ1) is 11.5. The van der Waals surface area contributed by atoms with E-state index in [1.54, 1.807) is 12.1 Å². The molecule has 94 valence electrons. The topological polar surface area (TPSA) is 81.6 Å². The Labute approximate surface area is 110 Å². The van der Waals surface area contributed by atoms with Gasteiger partial charge < -0.3 is 5.32 Å². The van der Waals surface area contributed by atoms with Crippen LogP contribution in [0.2, 0.25) is 0 Å². The number of rotatable bonds is 1. The molecule has 5 heteroatoms. The normalized spacial score (nSPS) is 17.5. The van der Waals surface area contributed by atoms with E-state index in [-0.39, 0.29) is 11.8 Å². The van der Waals surface area contributed by atoms with E-state index in [4.69, 9.17) is 5.26 Å². The minimum atomic E-state index is -0.0339. The largest absolute Gasteiger partial charge is 0.309 e. The van der Waals surface area contributed by atoms with Crippen molar-refractivity contribution >= 4 is 11.7 Å². The summed E-state index contributed by atoms with van der Waals surface area (Å²) in [6.45, 7) is 1.94. The van der Waals surface area contributed by atoms with Crippen LogP contribution in [0.4, 0.5) is 5.82 Å². The molecule has 2 heterocycles. The van der Waals surface area contributed by atoms with Crippen LogP contribution in [0, 0.1) is 18.3 Å². The van der Waals surface area contributed by atoms with Crippen LogP contribution in [-0.4, -0.2) is 16.1 Å². The third-order valence-electron chi connectivity index (χ3n) is 3.43. The monoisotopic (exact) mass is 252 g/mol. The van der Waals surface area contributed by atoms with Gasteiger partial charge in [0, 0.05) is 23.6 Å². The van der Waals surface area contributed by atoms with E-state index in [0.29, 0.717) is 17.8 Å². The smallest absolute Gasteiger partial charge is 0.226 e. The van der Waals surface area contributed by atoms with E-state index in [0.717, 1.165) is 16.8 Å². The van der Waals surface area contributed by atoms with Gasteiger partial charge in [0.1, 0.15) is 0 Å². The average Bonchev–Trinajstić information content (AvgIpc) is 2.79. The van der Waals surface area contributed by atoms with Gasteiger partial charge in [-0.2, -0.15) is 10.4 Å². The number of H-pyrrole nitrogens is 1. The third kappa shape index (κ3) is 1.87. The number of aromatic nitrogens is 2. The van der Waals surface area contributed by atoms with Crippen molar-refractivity contribution in [1.82, 2.24) is 10.2 Å². The number of nitrogens with one attached hydrogen (secondary N) is 2. The number of carbonyl (C=O) groups is 1. The first-order valence-electron chi connectivity index (χ1n) is 6.04. The molecule has 0 aliphatic carbocycles. The second-order valence-electron chi connectivity index (χ2n) is 4.65. The lowest BCUT2D eigenvalue weighted by atomic mass is 9.85. The molecule has 3 rings (SSSR count). The summed E-state index contributed by atoms with van der Waals surface area (Å²) in [7, 11) is 0. The number of fused-ring (bicyclic) bond motifs is 1. The number of benzene rings is 1. The lowest BCUT2D eigenvalue weighted by molar-refractivity contribution is -0.116. The van der Waals surface area contributed by atoms with Crippen molar-refractivity contribution in [1.29, 1.82) is 5.26 Å². The molecule has 1 amide bonds. The number of aromatic amines is 1. The van der Waals surface area contributed by atoms with Gasteiger partial charge in [-0.3, -0.25) is 9.89 Å². The molecule has 0 bridgehead atoms. The van der Waals surface area contributed by atoms with Crippen LogP contribution < -0.4 is 5.32 Å². The molecule has 2 N–H and O–H groups in total. The summed E-state index contributed by atoms with van der Waals surface area (Å²) in [4.78, 5) is 11.7. The summed E-state index contributed by atoms with van der Waals surface area (Å²) in [5.41, 5.74) is 3.64. The number of aryl methyl sites for hydroxylation is 1. The molecule has 2 aromatic rings. The van der Waals surface area contributed by atoms with Gasteiger partial charge >= 0.3 is 0 Å². The van der Waals surface area contributed by atoms with Crippen LogP contribution in [-0.2, 0) is 4.79 Å². The molecule has 0 fully saturated rings. The molecule has 0 saturated heterocycles. The second kappa shape index (κ2) is 4.25. The summed E-state index contributed by atoms with van der Waals surface area (Å²) in [6.07, 6.45) is 0.402. The first-order chi connectivity index (χ1) is 9.19. The van der Waals surface area contributed by atoms with Crippen LogP contribution in [0.1, 0.15) is 34.7 Å². The van der Waals surface area contributed by atoms with Gasteiger partial charge in [0.15, 0.2) is 5.82 Å². The van der Waals surface area contributed by atoms with Gasteiger partial charge in [0.25, 0.3) is 0 Å². The molecule has 19 heavy (non-hydrogen) atoms. The molecule has 1 aromatic carbocycles. The van der Waals surface area contributed by atoms with Gasteiger partial charge in [0.2, 0.25) is 5.91 Å². The minimum absolute atomic E-state index is 0.00440. The van der Waals surface area contributed by atoms with Crippen LogP contribution in [0.25, 0.3) is 0 Å². The van der Waals surface area contributed by atoms with Crippen molar-refractivity contribution in [3.63, 3.8) is 0 Å². The highest BCUT2D eigenvalue weighted by molar-refractivity contribution is 5.94. The zero-order valence-electron chi connectivity index (χ0n) is 10.4. The Morgan fingerprint density at radius 3 is 2.79 bits per heavy atom. The second-order valence-corrected chi connectivity index (χ2v) is 4.65. The van der Waals surface area contributed by atoms with E-state index in [9.17, 15) is 4.79 Å². The lowest BCUT2D eigenvalue weighted by Gasteiger charge is -2.22. The van der Waals surface area contributed by atoms with Crippen molar-refractivity contribution in [2.75, 3.05) is 5.32 Å². The number of hydrogen-bond acceptors (Lipinski definition) is 3. The molecule has 0 radical (unpaired) electrons. The Morgan fingerprint density at radius 2 is 2.11 bits per heavy atom. The van der Waals surface area contributed by atoms with Crippen molar-refractivity contribution in [2.45, 2.75) is 19.3 Å². The first-order valence-corrected chi connectivity index (χ1v) is 6.04. The van der Waals surface area contributed by atoms with Gasteiger partial charge in [-0.05, 0) is 24.6 Å². The number of nitrogens with zero attached hydrogens (tertiary/aromatic N) is 2. The van der Waals surface area contributed by atoms with Crippen molar-refractivity contribution in [3.8, 4) is 6.07 Å². The summed E-state index contributed by atoms with van der Waals surface area (Å²) in [6, 6.07) is 9.44. The van der Waals surface area contributed by atoms with Gasteiger partial charge in [-0.1, -0.05) is 12.1 Å². The predicted octanol–water partition coefficient (Wildman–Crippen LogP) is 2.06. The zero-order valence-corrected chi connectivity index (χ0v) is 10.4. The zero-order chi connectivity index (χ0) is 13.4. The third-order valence-corrected chi connectivity index (χ3v) is 3.43. The minimum Gasteiger partial charge on any atom is -0.309 e. The van der Waals surface area contributed by atoms with E-state index in [1.165, 1.54) is 0 Å². The van der Waals surface area contributed by atoms with E-state index in [1.807, 2.05) is 19.1 Å².